The number of amides is 1. The van der Waals surface area contributed by atoms with Crippen molar-refractivity contribution in [3.63, 3.8) is 0 Å². The number of nitrogens with zero attached hydrogens (tertiary/aromatic N) is 2. The second-order valence-corrected chi connectivity index (χ2v) is 9.67. The van der Waals surface area contributed by atoms with Gasteiger partial charge in [-0.15, -0.1) is 0 Å². The zero-order valence-corrected chi connectivity index (χ0v) is 19.2. The molecule has 162 valence electrons. The molecule has 0 N–H and O–H groups in total. The Kier molecular flexibility index (Phi) is 6.49. The highest BCUT2D eigenvalue weighted by molar-refractivity contribution is 7.84. The van der Waals surface area contributed by atoms with Crippen LogP contribution in [0, 0.1) is 13.8 Å². The molecule has 1 atom stereocenters. The van der Waals surface area contributed by atoms with Gasteiger partial charge in [0.05, 0.1) is 16.6 Å². The van der Waals surface area contributed by atoms with E-state index < -0.39 is 10.8 Å². The van der Waals surface area contributed by atoms with Gasteiger partial charge in [-0.05, 0) is 67.4 Å². The van der Waals surface area contributed by atoms with E-state index in [2.05, 4.69) is 36.9 Å². The van der Waals surface area contributed by atoms with Gasteiger partial charge < -0.3 is 14.2 Å². The molecule has 1 aliphatic heterocycles. The van der Waals surface area contributed by atoms with E-state index in [9.17, 15) is 9.00 Å². The smallest absolute Gasteiger partial charge is 0.289 e. The standard InChI is InChI=1S/C24H25ClN2O3S/c1-17-3-4-18(2)22(15-17)26-11-13-27(14-12-26)24(28)23-10-7-20(30-23)16-31(29)21-8-5-19(25)6-9-21/h3-10,15H,11-14,16H2,1-2H3/t31-/m1/s1. The first kappa shape index (κ1) is 21.7. The molecule has 4 rings (SSSR count). The number of hydrogen-bond donors (Lipinski definition) is 0. The molecule has 2 aromatic carbocycles. The van der Waals surface area contributed by atoms with Gasteiger partial charge in [0.2, 0.25) is 0 Å². The summed E-state index contributed by atoms with van der Waals surface area (Å²) in [5.74, 6) is 0.924. The van der Waals surface area contributed by atoms with Crippen LogP contribution in [0.2, 0.25) is 5.02 Å². The third-order valence-electron chi connectivity index (χ3n) is 5.49. The maximum absolute atomic E-state index is 12.9. The summed E-state index contributed by atoms with van der Waals surface area (Å²) in [4.78, 5) is 17.7. The van der Waals surface area contributed by atoms with Crippen LogP contribution in [0.5, 0.6) is 0 Å². The quantitative estimate of drug-likeness (QED) is 0.552. The van der Waals surface area contributed by atoms with Crippen molar-refractivity contribution in [3.8, 4) is 0 Å². The van der Waals surface area contributed by atoms with Crippen molar-refractivity contribution < 1.29 is 13.4 Å². The molecule has 0 unspecified atom stereocenters. The average molecular weight is 457 g/mol. The summed E-state index contributed by atoms with van der Waals surface area (Å²) in [6, 6.07) is 16.8. The molecule has 31 heavy (non-hydrogen) atoms. The van der Waals surface area contributed by atoms with Crippen LogP contribution in [-0.4, -0.2) is 41.2 Å². The Labute approximate surface area is 190 Å². The predicted octanol–water partition coefficient (Wildman–Crippen LogP) is 4.82. The van der Waals surface area contributed by atoms with Crippen molar-refractivity contribution in [2.45, 2.75) is 24.5 Å². The van der Waals surface area contributed by atoms with Gasteiger partial charge in [0, 0.05) is 41.8 Å². The van der Waals surface area contributed by atoms with Gasteiger partial charge in [-0.2, -0.15) is 0 Å². The highest BCUT2D eigenvalue weighted by atomic mass is 35.5. The van der Waals surface area contributed by atoms with Gasteiger partial charge in [-0.3, -0.25) is 9.00 Å². The van der Waals surface area contributed by atoms with Crippen molar-refractivity contribution in [2.75, 3.05) is 31.1 Å². The summed E-state index contributed by atoms with van der Waals surface area (Å²) < 4.78 is 18.3. The Morgan fingerprint density at radius 3 is 2.42 bits per heavy atom. The van der Waals surface area contributed by atoms with E-state index in [1.165, 1.54) is 16.8 Å². The topological polar surface area (TPSA) is 53.8 Å². The molecule has 0 saturated carbocycles. The van der Waals surface area contributed by atoms with E-state index in [0.29, 0.717) is 34.5 Å². The van der Waals surface area contributed by atoms with Gasteiger partial charge >= 0.3 is 0 Å². The Morgan fingerprint density at radius 1 is 1.00 bits per heavy atom. The van der Waals surface area contributed by atoms with E-state index in [-0.39, 0.29) is 11.7 Å². The van der Waals surface area contributed by atoms with Crippen LogP contribution in [0.1, 0.15) is 27.4 Å². The minimum Gasteiger partial charge on any atom is -0.455 e. The maximum Gasteiger partial charge on any atom is 0.289 e. The summed E-state index contributed by atoms with van der Waals surface area (Å²) >= 11 is 5.88. The molecule has 2 heterocycles. The van der Waals surface area contributed by atoms with Crippen LogP contribution in [0.4, 0.5) is 5.69 Å². The fraction of sp³-hybridized carbons (Fsp3) is 0.292. The van der Waals surface area contributed by atoms with E-state index in [1.807, 2.05) is 4.90 Å². The molecule has 0 spiro atoms. The Morgan fingerprint density at radius 2 is 1.71 bits per heavy atom. The molecule has 1 fully saturated rings. The average Bonchev–Trinajstić information content (AvgIpc) is 3.24. The van der Waals surface area contributed by atoms with Gasteiger partial charge in [-0.1, -0.05) is 23.7 Å². The first-order chi connectivity index (χ1) is 14.9. The van der Waals surface area contributed by atoms with Gasteiger partial charge in [-0.25, -0.2) is 0 Å². The molecular weight excluding hydrogens is 432 g/mol. The summed E-state index contributed by atoms with van der Waals surface area (Å²) in [6.45, 7) is 7.05. The third kappa shape index (κ3) is 5.02. The van der Waals surface area contributed by atoms with E-state index >= 15 is 0 Å². The number of halogens is 1. The maximum atomic E-state index is 12.9. The lowest BCUT2D eigenvalue weighted by atomic mass is 10.1. The summed E-state index contributed by atoms with van der Waals surface area (Å²) in [5.41, 5.74) is 3.71. The monoisotopic (exact) mass is 456 g/mol. The minimum atomic E-state index is -1.26. The summed E-state index contributed by atoms with van der Waals surface area (Å²) in [6.07, 6.45) is 0. The predicted molar refractivity (Wildman–Crippen MR) is 124 cm³/mol. The van der Waals surface area contributed by atoms with Crippen LogP contribution in [0.3, 0.4) is 0 Å². The molecule has 5 nitrogen and oxygen atoms in total. The zero-order valence-electron chi connectivity index (χ0n) is 17.6. The normalized spacial score (nSPS) is 15.2. The molecule has 3 aromatic rings. The fourth-order valence-electron chi connectivity index (χ4n) is 3.74. The largest absolute Gasteiger partial charge is 0.455 e. The highest BCUT2D eigenvalue weighted by Gasteiger charge is 2.25. The molecular formula is C24H25ClN2O3S. The minimum absolute atomic E-state index is 0.121. The van der Waals surface area contributed by atoms with Crippen LogP contribution in [0.15, 0.2) is 63.9 Å². The van der Waals surface area contributed by atoms with E-state index in [1.54, 1.807) is 36.4 Å². The van der Waals surface area contributed by atoms with Crippen molar-refractivity contribution >= 4 is 34.0 Å². The number of rotatable bonds is 5. The van der Waals surface area contributed by atoms with Crippen LogP contribution >= 0.6 is 11.6 Å². The molecule has 1 amide bonds. The number of hydrogen-bond acceptors (Lipinski definition) is 4. The number of anilines is 1. The number of furan rings is 1. The second kappa shape index (κ2) is 9.28. The fourth-order valence-corrected chi connectivity index (χ4v) is 4.88. The Hall–Kier alpha value is -2.57. The second-order valence-electron chi connectivity index (χ2n) is 7.78. The van der Waals surface area contributed by atoms with Crippen molar-refractivity contribution in [2.24, 2.45) is 0 Å². The van der Waals surface area contributed by atoms with Crippen molar-refractivity contribution in [3.05, 3.63) is 82.3 Å². The Bertz CT molecular complexity index is 1100. The molecule has 1 saturated heterocycles. The van der Waals surface area contributed by atoms with E-state index in [4.69, 9.17) is 16.0 Å². The zero-order chi connectivity index (χ0) is 22.0. The third-order valence-corrected chi connectivity index (χ3v) is 7.09. The number of piperazine rings is 1. The molecule has 0 bridgehead atoms. The number of carbonyl (C=O) groups excluding carboxylic acids is 1. The molecule has 0 aliphatic carbocycles. The number of carbonyl (C=O) groups is 1. The number of benzene rings is 2. The first-order valence-corrected chi connectivity index (χ1v) is 11.9. The lowest BCUT2D eigenvalue weighted by Crippen LogP contribution is -2.49. The molecule has 1 aliphatic rings. The lowest BCUT2D eigenvalue weighted by molar-refractivity contribution is 0.0713. The van der Waals surface area contributed by atoms with Gasteiger partial charge in [0.25, 0.3) is 5.91 Å². The van der Waals surface area contributed by atoms with Crippen LogP contribution < -0.4 is 4.90 Å². The molecule has 7 heteroatoms. The first-order valence-electron chi connectivity index (χ1n) is 10.2. The summed E-state index contributed by atoms with van der Waals surface area (Å²) in [7, 11) is -1.26. The van der Waals surface area contributed by atoms with Crippen molar-refractivity contribution in [1.82, 2.24) is 4.90 Å². The Balaban J connectivity index is 1.36. The van der Waals surface area contributed by atoms with E-state index in [0.717, 1.165) is 13.1 Å². The van der Waals surface area contributed by atoms with Gasteiger partial charge in [0.15, 0.2) is 5.76 Å². The van der Waals surface area contributed by atoms with Crippen LogP contribution in [-0.2, 0) is 16.6 Å². The summed E-state index contributed by atoms with van der Waals surface area (Å²) in [5, 5.41) is 0.601. The molecule has 0 radical (unpaired) electrons. The van der Waals surface area contributed by atoms with Gasteiger partial charge in [0.1, 0.15) is 5.76 Å². The van der Waals surface area contributed by atoms with Crippen LogP contribution in [0.25, 0.3) is 0 Å². The number of aryl methyl sites for hydroxylation is 2. The molecule has 1 aromatic heterocycles. The van der Waals surface area contributed by atoms with Crippen molar-refractivity contribution in [1.29, 1.82) is 0 Å². The highest BCUT2D eigenvalue weighted by Crippen LogP contribution is 2.24. The SMILES string of the molecule is Cc1ccc(C)c(N2CCN(C(=O)c3ccc(C[S@@](=O)c4ccc(Cl)cc4)o3)CC2)c1. The lowest BCUT2D eigenvalue weighted by Gasteiger charge is -2.36.